The molecule has 1 aromatic heterocycles. The highest BCUT2D eigenvalue weighted by Crippen LogP contribution is 2.53. The van der Waals surface area contributed by atoms with E-state index in [4.69, 9.17) is 9.98 Å². The Hall–Kier alpha value is -7.04. The van der Waals surface area contributed by atoms with E-state index in [1.165, 1.54) is 92.4 Å². The fraction of sp³-hybridized carbons (Fsp3) is 0.200. The van der Waals surface area contributed by atoms with Gasteiger partial charge in [-0.3, -0.25) is 4.99 Å². The number of aromatic nitrogens is 1. The number of hydrogen-bond acceptors (Lipinski definition) is 2. The number of rotatable bonds is 9. The Labute approximate surface area is 377 Å². The van der Waals surface area contributed by atoms with Gasteiger partial charge in [-0.1, -0.05) is 146 Å². The molecule has 2 aliphatic carbocycles. The number of para-hydroxylation sites is 1. The molecule has 1 fully saturated rings. The fourth-order valence-corrected chi connectivity index (χ4v) is 10.4. The van der Waals surface area contributed by atoms with Crippen LogP contribution in [0.5, 0.6) is 0 Å². The third-order valence-corrected chi connectivity index (χ3v) is 13.9. The summed E-state index contributed by atoms with van der Waals surface area (Å²) < 4.78 is 2.60. The van der Waals surface area contributed by atoms with Gasteiger partial charge >= 0.3 is 0 Å². The minimum atomic E-state index is -0.0788. The van der Waals surface area contributed by atoms with Gasteiger partial charge in [0.15, 0.2) is 5.84 Å². The summed E-state index contributed by atoms with van der Waals surface area (Å²) in [7, 11) is 0. The van der Waals surface area contributed by atoms with Crippen molar-refractivity contribution >= 4 is 56.5 Å². The van der Waals surface area contributed by atoms with Crippen LogP contribution in [0.2, 0.25) is 0 Å². The van der Waals surface area contributed by atoms with Crippen LogP contribution in [0.1, 0.15) is 85.4 Å². The van der Waals surface area contributed by atoms with Crippen molar-refractivity contribution in [2.24, 2.45) is 21.8 Å². The molecule has 3 aliphatic rings. The maximum absolute atomic E-state index is 5.38. The molecule has 7 aromatic carbocycles. The smallest absolute Gasteiger partial charge is 0.155 e. The summed E-state index contributed by atoms with van der Waals surface area (Å²) in [6.45, 7) is 6.54. The average Bonchev–Trinajstić information content (AvgIpc) is 3.97. The minimum Gasteiger partial charge on any atom is -0.314 e. The summed E-state index contributed by atoms with van der Waals surface area (Å²) >= 11 is 0. The van der Waals surface area contributed by atoms with Crippen LogP contribution in [-0.4, -0.2) is 16.1 Å². The highest BCUT2D eigenvalue weighted by molar-refractivity contribution is 6.13. The van der Waals surface area contributed by atoms with Crippen molar-refractivity contribution in [3.63, 3.8) is 0 Å². The zero-order valence-corrected chi connectivity index (χ0v) is 37.1. The molecular formula is C60H54N4. The second kappa shape index (κ2) is 16.9. The summed E-state index contributed by atoms with van der Waals surface area (Å²) in [5.41, 5.74) is 18.3. The lowest BCUT2D eigenvalue weighted by Gasteiger charge is -2.23. The average molecular weight is 831 g/mol. The van der Waals surface area contributed by atoms with Crippen LogP contribution in [0.4, 0.5) is 11.4 Å². The van der Waals surface area contributed by atoms with Gasteiger partial charge < -0.3 is 9.47 Å². The van der Waals surface area contributed by atoms with Crippen molar-refractivity contribution in [3.8, 4) is 11.1 Å². The molecule has 64 heavy (non-hydrogen) atoms. The molecule has 2 heterocycles. The molecule has 1 aliphatic heterocycles. The summed E-state index contributed by atoms with van der Waals surface area (Å²) in [6, 6.07) is 61.7. The summed E-state index contributed by atoms with van der Waals surface area (Å²) in [5.74, 6) is 2.26. The van der Waals surface area contributed by atoms with Gasteiger partial charge in [-0.15, -0.1) is 0 Å². The SMILES string of the molecule is CCC(=NC(=NC(C)c1ccccc1)c1cccc(N2/C(=C/c3ccccc3C)Cc3c(-c4ccc5c(c4)c4ccccc4n5C4=CCCCC5CC45)cccc32)c1)c1ccccc1. The standard InChI is InChI=1S/C60H54N4/c1-4-55(43-22-9-6-10-23-43)62-60(61-41(3)42-20-7-5-8-21-42)47-26-17-27-48(36-47)63-49(35-44-24-12-11-19-40(44)2)39-54-50(29-18-32-58(54)63)46-33-34-59-53(38-46)51-28-14-16-30-56(51)64(59)57-31-15-13-25-45-37-52(45)57/h5-12,14,16-24,26-36,38,41,45,52H,4,13,15,25,37,39H2,1-3H3/b49-35+,61-60?,62-55?. The number of nitrogens with zero attached hydrogens (tertiary/aromatic N) is 4. The first kappa shape index (κ1) is 39.8. The number of hydrogen-bond donors (Lipinski definition) is 0. The molecule has 4 nitrogen and oxygen atoms in total. The number of amidine groups is 1. The van der Waals surface area contributed by atoms with Crippen LogP contribution in [-0.2, 0) is 6.42 Å². The minimum absolute atomic E-state index is 0.0788. The Morgan fingerprint density at radius 1 is 0.734 bits per heavy atom. The van der Waals surface area contributed by atoms with Gasteiger partial charge in [-0.2, -0.15) is 0 Å². The van der Waals surface area contributed by atoms with Crippen molar-refractivity contribution in [1.29, 1.82) is 0 Å². The normalized spacial score (nSPS) is 18.5. The van der Waals surface area contributed by atoms with Crippen molar-refractivity contribution in [1.82, 2.24) is 4.57 Å². The Morgan fingerprint density at radius 3 is 2.33 bits per heavy atom. The molecule has 11 rings (SSSR count). The maximum atomic E-state index is 5.38. The van der Waals surface area contributed by atoms with Gasteiger partial charge in [-0.05, 0) is 133 Å². The lowest BCUT2D eigenvalue weighted by Crippen LogP contribution is -2.13. The topological polar surface area (TPSA) is 32.9 Å². The molecule has 1 saturated carbocycles. The fourth-order valence-electron chi connectivity index (χ4n) is 10.4. The molecule has 8 aromatic rings. The Morgan fingerprint density at radius 2 is 1.48 bits per heavy atom. The largest absolute Gasteiger partial charge is 0.314 e. The van der Waals surface area contributed by atoms with Crippen LogP contribution < -0.4 is 4.90 Å². The van der Waals surface area contributed by atoms with E-state index in [-0.39, 0.29) is 6.04 Å². The van der Waals surface area contributed by atoms with E-state index in [0.29, 0.717) is 5.92 Å². The van der Waals surface area contributed by atoms with Gasteiger partial charge in [-0.25, -0.2) is 4.99 Å². The van der Waals surface area contributed by atoms with E-state index in [1.54, 1.807) is 0 Å². The van der Waals surface area contributed by atoms with E-state index >= 15 is 0 Å². The van der Waals surface area contributed by atoms with E-state index in [1.807, 2.05) is 0 Å². The zero-order chi connectivity index (χ0) is 43.1. The lowest BCUT2D eigenvalue weighted by molar-refractivity contribution is 0.667. The molecule has 0 bridgehead atoms. The molecule has 4 heteroatoms. The Balaban J connectivity index is 1.05. The van der Waals surface area contributed by atoms with E-state index in [9.17, 15) is 0 Å². The molecule has 0 radical (unpaired) electrons. The highest BCUT2D eigenvalue weighted by Gasteiger charge is 2.41. The van der Waals surface area contributed by atoms with E-state index < -0.39 is 0 Å². The molecule has 3 atom stereocenters. The van der Waals surface area contributed by atoms with E-state index in [0.717, 1.165) is 52.7 Å². The first-order valence-corrected chi connectivity index (χ1v) is 23.3. The molecule has 314 valence electrons. The predicted octanol–water partition coefficient (Wildman–Crippen LogP) is 15.6. The molecule has 0 spiro atoms. The van der Waals surface area contributed by atoms with E-state index in [2.05, 4.69) is 212 Å². The number of benzene rings is 7. The number of fused-ring (bicyclic) bond motifs is 5. The lowest BCUT2D eigenvalue weighted by atomic mass is 9.96. The summed E-state index contributed by atoms with van der Waals surface area (Å²) in [6.07, 6.45) is 11.7. The third kappa shape index (κ3) is 7.41. The monoisotopic (exact) mass is 830 g/mol. The van der Waals surface area contributed by atoms with Gasteiger partial charge in [0.2, 0.25) is 0 Å². The predicted molar refractivity (Wildman–Crippen MR) is 271 cm³/mol. The Bertz CT molecular complexity index is 3160. The molecular weight excluding hydrogens is 777 g/mol. The second-order valence-corrected chi connectivity index (χ2v) is 17.9. The van der Waals surface area contributed by atoms with Crippen molar-refractivity contribution in [2.45, 2.75) is 65.3 Å². The number of aliphatic imine (C=N–C) groups is 2. The Kier molecular flexibility index (Phi) is 10.5. The van der Waals surface area contributed by atoms with Crippen LogP contribution in [0.3, 0.4) is 0 Å². The highest BCUT2D eigenvalue weighted by atomic mass is 15.2. The quantitative estimate of drug-likeness (QED) is 0.105. The van der Waals surface area contributed by atoms with Crippen molar-refractivity contribution < 1.29 is 0 Å². The van der Waals surface area contributed by atoms with Crippen LogP contribution >= 0.6 is 0 Å². The molecule has 0 amide bonds. The van der Waals surface area contributed by atoms with Crippen LogP contribution in [0, 0.1) is 18.8 Å². The molecule has 0 saturated heterocycles. The van der Waals surface area contributed by atoms with Crippen molar-refractivity contribution in [2.75, 3.05) is 4.90 Å². The number of allylic oxidation sites excluding steroid dienone is 3. The summed E-state index contributed by atoms with van der Waals surface area (Å²) in [5, 5.41) is 2.65. The maximum Gasteiger partial charge on any atom is 0.155 e. The van der Waals surface area contributed by atoms with Gasteiger partial charge in [0.05, 0.1) is 22.8 Å². The van der Waals surface area contributed by atoms with Gasteiger partial charge in [0.1, 0.15) is 0 Å². The molecule has 0 N–H and O–H groups in total. The number of anilines is 2. The van der Waals surface area contributed by atoms with Gasteiger partial charge in [0.25, 0.3) is 0 Å². The third-order valence-electron chi connectivity index (χ3n) is 13.9. The number of aryl methyl sites for hydroxylation is 1. The summed E-state index contributed by atoms with van der Waals surface area (Å²) in [4.78, 5) is 13.2. The van der Waals surface area contributed by atoms with Crippen LogP contribution in [0.15, 0.2) is 192 Å². The van der Waals surface area contributed by atoms with Crippen molar-refractivity contribution in [3.05, 3.63) is 215 Å². The second-order valence-electron chi connectivity index (χ2n) is 17.9. The van der Waals surface area contributed by atoms with Gasteiger partial charge in [0, 0.05) is 51.5 Å². The zero-order valence-electron chi connectivity index (χ0n) is 37.1. The van der Waals surface area contributed by atoms with Crippen LogP contribution in [0.25, 0.3) is 44.7 Å². The first-order chi connectivity index (χ1) is 31.5. The molecule has 3 unspecified atom stereocenters. The first-order valence-electron chi connectivity index (χ1n) is 23.3.